The van der Waals surface area contributed by atoms with Gasteiger partial charge in [-0.05, 0) is 12.8 Å². The monoisotopic (exact) mass is 385 g/mol. The molecular formula is C20H39N3O4. The van der Waals surface area contributed by atoms with Gasteiger partial charge in [0, 0.05) is 26.2 Å². The number of hydrogen-bond donors (Lipinski definition) is 1. The molecule has 7 heteroatoms. The van der Waals surface area contributed by atoms with Crippen molar-refractivity contribution < 1.29 is 19.1 Å². The summed E-state index contributed by atoms with van der Waals surface area (Å²) in [5.41, 5.74) is 2.78. The SMILES string of the molecule is CCCCCCN(CCCCCC)C(=O)COCC(=O)NN1CCOCC1. The van der Waals surface area contributed by atoms with Gasteiger partial charge >= 0.3 is 0 Å². The predicted molar refractivity (Wildman–Crippen MR) is 106 cm³/mol. The Morgan fingerprint density at radius 1 is 0.926 bits per heavy atom. The van der Waals surface area contributed by atoms with Gasteiger partial charge in [-0.3, -0.25) is 15.0 Å². The van der Waals surface area contributed by atoms with E-state index in [1.807, 2.05) is 9.91 Å². The van der Waals surface area contributed by atoms with Crippen LogP contribution >= 0.6 is 0 Å². The van der Waals surface area contributed by atoms with Crippen molar-refractivity contribution in [3.63, 3.8) is 0 Å². The van der Waals surface area contributed by atoms with Crippen molar-refractivity contribution in [1.82, 2.24) is 15.3 Å². The highest BCUT2D eigenvalue weighted by Gasteiger charge is 2.16. The molecule has 0 bridgehead atoms. The van der Waals surface area contributed by atoms with Crippen molar-refractivity contribution in [2.45, 2.75) is 65.2 Å². The molecule has 1 fully saturated rings. The number of hydrazine groups is 1. The van der Waals surface area contributed by atoms with Crippen molar-refractivity contribution in [1.29, 1.82) is 0 Å². The minimum Gasteiger partial charge on any atom is -0.379 e. The van der Waals surface area contributed by atoms with E-state index in [0.29, 0.717) is 26.3 Å². The third kappa shape index (κ3) is 12.0. The molecule has 0 aromatic carbocycles. The van der Waals surface area contributed by atoms with Crippen LogP contribution in [0.4, 0.5) is 0 Å². The Balaban J connectivity index is 2.26. The number of hydrogen-bond acceptors (Lipinski definition) is 5. The van der Waals surface area contributed by atoms with Crippen molar-refractivity contribution in [3.05, 3.63) is 0 Å². The Kier molecular flexibility index (Phi) is 14.0. The molecule has 0 atom stereocenters. The van der Waals surface area contributed by atoms with E-state index in [9.17, 15) is 9.59 Å². The van der Waals surface area contributed by atoms with Gasteiger partial charge in [-0.15, -0.1) is 0 Å². The molecular weight excluding hydrogens is 346 g/mol. The standard InChI is InChI=1S/C20H39N3O4/c1-3-5-7-9-11-22(12-10-8-6-4-2)20(25)18-27-17-19(24)21-23-13-15-26-16-14-23/h3-18H2,1-2H3,(H,21,24). The lowest BCUT2D eigenvalue weighted by molar-refractivity contribution is -0.140. The average molecular weight is 386 g/mol. The number of nitrogens with one attached hydrogen (secondary N) is 1. The maximum Gasteiger partial charge on any atom is 0.260 e. The third-order valence-corrected chi connectivity index (χ3v) is 4.67. The van der Waals surface area contributed by atoms with E-state index in [1.54, 1.807) is 0 Å². The van der Waals surface area contributed by atoms with E-state index in [0.717, 1.165) is 38.8 Å². The lowest BCUT2D eigenvalue weighted by Gasteiger charge is -2.27. The van der Waals surface area contributed by atoms with Gasteiger partial charge in [0.25, 0.3) is 5.91 Å². The Labute approximate surface area is 164 Å². The number of rotatable bonds is 15. The van der Waals surface area contributed by atoms with Crippen LogP contribution in [-0.4, -0.2) is 74.3 Å². The topological polar surface area (TPSA) is 71.1 Å². The zero-order valence-corrected chi connectivity index (χ0v) is 17.3. The van der Waals surface area contributed by atoms with Crippen LogP contribution in [0.5, 0.6) is 0 Å². The van der Waals surface area contributed by atoms with Crippen molar-refractivity contribution >= 4 is 11.8 Å². The molecule has 2 amide bonds. The fraction of sp³-hybridized carbons (Fsp3) is 0.900. The minimum absolute atomic E-state index is 0.0119. The molecule has 1 saturated heterocycles. The number of ether oxygens (including phenoxy) is 2. The van der Waals surface area contributed by atoms with Crippen LogP contribution in [0, 0.1) is 0 Å². The highest BCUT2D eigenvalue weighted by Crippen LogP contribution is 2.06. The number of unbranched alkanes of at least 4 members (excludes halogenated alkanes) is 6. The Morgan fingerprint density at radius 3 is 2.07 bits per heavy atom. The summed E-state index contributed by atoms with van der Waals surface area (Å²) < 4.78 is 10.6. The molecule has 1 rings (SSSR count). The molecule has 0 saturated carbocycles. The van der Waals surface area contributed by atoms with Crippen LogP contribution in [0.3, 0.4) is 0 Å². The first-order valence-electron chi connectivity index (χ1n) is 10.6. The maximum atomic E-state index is 12.5. The summed E-state index contributed by atoms with van der Waals surface area (Å²) in [6.07, 6.45) is 9.15. The molecule has 0 spiro atoms. The lowest BCUT2D eigenvalue weighted by Crippen LogP contribution is -2.49. The lowest BCUT2D eigenvalue weighted by atomic mass is 10.1. The smallest absolute Gasteiger partial charge is 0.260 e. The highest BCUT2D eigenvalue weighted by molar-refractivity contribution is 5.79. The van der Waals surface area contributed by atoms with Gasteiger partial charge in [-0.1, -0.05) is 52.4 Å². The summed E-state index contributed by atoms with van der Waals surface area (Å²) in [6.45, 7) is 8.40. The van der Waals surface area contributed by atoms with E-state index >= 15 is 0 Å². The van der Waals surface area contributed by atoms with Gasteiger partial charge in [-0.25, -0.2) is 5.01 Å². The van der Waals surface area contributed by atoms with Crippen molar-refractivity contribution in [3.8, 4) is 0 Å². The fourth-order valence-corrected chi connectivity index (χ4v) is 3.03. The van der Waals surface area contributed by atoms with Crippen LogP contribution in [0.25, 0.3) is 0 Å². The number of morpholine rings is 1. The van der Waals surface area contributed by atoms with Gasteiger partial charge in [-0.2, -0.15) is 0 Å². The molecule has 158 valence electrons. The van der Waals surface area contributed by atoms with E-state index in [1.165, 1.54) is 25.7 Å². The first-order valence-corrected chi connectivity index (χ1v) is 10.6. The highest BCUT2D eigenvalue weighted by atomic mass is 16.5. The first-order chi connectivity index (χ1) is 13.2. The van der Waals surface area contributed by atoms with E-state index < -0.39 is 0 Å². The summed E-state index contributed by atoms with van der Waals surface area (Å²) in [5.74, 6) is -0.232. The fourth-order valence-electron chi connectivity index (χ4n) is 3.03. The van der Waals surface area contributed by atoms with Crippen molar-refractivity contribution in [2.75, 3.05) is 52.6 Å². The molecule has 1 N–H and O–H groups in total. The molecule has 27 heavy (non-hydrogen) atoms. The molecule has 0 aromatic heterocycles. The molecule has 0 aliphatic carbocycles. The van der Waals surface area contributed by atoms with E-state index in [4.69, 9.17) is 9.47 Å². The Morgan fingerprint density at radius 2 is 1.52 bits per heavy atom. The number of carbonyl (C=O) groups excluding carboxylic acids is 2. The first kappa shape index (κ1) is 23.9. The molecule has 0 aromatic rings. The Bertz CT molecular complexity index is 389. The van der Waals surface area contributed by atoms with Crippen LogP contribution < -0.4 is 5.43 Å². The van der Waals surface area contributed by atoms with Gasteiger partial charge in [0.05, 0.1) is 13.2 Å². The minimum atomic E-state index is -0.220. The summed E-state index contributed by atoms with van der Waals surface area (Å²) in [5, 5.41) is 1.82. The van der Waals surface area contributed by atoms with Crippen LogP contribution in [0.15, 0.2) is 0 Å². The van der Waals surface area contributed by atoms with Gasteiger partial charge in [0.15, 0.2) is 0 Å². The van der Waals surface area contributed by atoms with E-state index in [2.05, 4.69) is 19.3 Å². The number of carbonyl (C=O) groups is 2. The number of nitrogens with zero attached hydrogens (tertiary/aromatic N) is 2. The Hall–Kier alpha value is -1.18. The molecule has 1 aliphatic rings. The van der Waals surface area contributed by atoms with Gasteiger partial charge < -0.3 is 14.4 Å². The quantitative estimate of drug-likeness (QED) is 0.438. The van der Waals surface area contributed by atoms with Crippen LogP contribution in [0.2, 0.25) is 0 Å². The molecule has 1 aliphatic heterocycles. The van der Waals surface area contributed by atoms with Crippen LogP contribution in [0.1, 0.15) is 65.2 Å². The molecule has 0 unspecified atom stereocenters. The zero-order chi connectivity index (χ0) is 19.7. The second kappa shape index (κ2) is 15.8. The third-order valence-electron chi connectivity index (χ3n) is 4.67. The van der Waals surface area contributed by atoms with Crippen LogP contribution in [-0.2, 0) is 19.1 Å². The second-order valence-electron chi connectivity index (χ2n) is 7.13. The van der Waals surface area contributed by atoms with Gasteiger partial charge in [0.2, 0.25) is 5.91 Å². The molecule has 0 radical (unpaired) electrons. The summed E-state index contributed by atoms with van der Waals surface area (Å²) in [6, 6.07) is 0. The maximum absolute atomic E-state index is 12.5. The van der Waals surface area contributed by atoms with Gasteiger partial charge in [0.1, 0.15) is 13.2 Å². The predicted octanol–water partition coefficient (Wildman–Crippen LogP) is 2.36. The summed E-state index contributed by atoms with van der Waals surface area (Å²) >= 11 is 0. The largest absolute Gasteiger partial charge is 0.379 e. The molecule has 1 heterocycles. The second-order valence-corrected chi connectivity index (χ2v) is 7.13. The summed E-state index contributed by atoms with van der Waals surface area (Å²) in [4.78, 5) is 26.3. The van der Waals surface area contributed by atoms with E-state index in [-0.39, 0.29) is 25.0 Å². The molecule has 7 nitrogen and oxygen atoms in total. The zero-order valence-electron chi connectivity index (χ0n) is 17.3. The summed E-state index contributed by atoms with van der Waals surface area (Å²) in [7, 11) is 0. The normalized spacial score (nSPS) is 14.9. The average Bonchev–Trinajstić information content (AvgIpc) is 2.67. The van der Waals surface area contributed by atoms with Crippen molar-refractivity contribution in [2.24, 2.45) is 0 Å². The number of amides is 2.